The van der Waals surface area contributed by atoms with Crippen LogP contribution in [0.2, 0.25) is 0 Å². The minimum atomic E-state index is 0.625. The van der Waals surface area contributed by atoms with Gasteiger partial charge in [-0.1, -0.05) is 6.42 Å². The van der Waals surface area contributed by atoms with Gasteiger partial charge in [0, 0.05) is 43.1 Å². The van der Waals surface area contributed by atoms with Gasteiger partial charge in [0.15, 0.2) is 0 Å². The zero-order valence-electron chi connectivity index (χ0n) is 12.9. The Morgan fingerprint density at radius 3 is 2.90 bits per heavy atom. The Morgan fingerprint density at radius 2 is 2.19 bits per heavy atom. The van der Waals surface area contributed by atoms with Crippen LogP contribution < -0.4 is 15.5 Å². The van der Waals surface area contributed by atoms with Gasteiger partial charge in [-0.3, -0.25) is 0 Å². The van der Waals surface area contributed by atoms with Gasteiger partial charge in [-0.05, 0) is 50.6 Å². The van der Waals surface area contributed by atoms with E-state index in [0.29, 0.717) is 12.1 Å². The lowest BCUT2D eigenvalue weighted by molar-refractivity contribution is 0.439. The summed E-state index contributed by atoms with van der Waals surface area (Å²) in [6.45, 7) is 2.25. The van der Waals surface area contributed by atoms with E-state index in [1.54, 1.807) is 0 Å². The molecular formula is C17H26N4. The Bertz CT molecular complexity index is 503. The number of pyridine rings is 1. The van der Waals surface area contributed by atoms with Crippen LogP contribution >= 0.6 is 0 Å². The van der Waals surface area contributed by atoms with E-state index in [0.717, 1.165) is 30.7 Å². The molecule has 4 rings (SSSR count). The smallest absolute Gasteiger partial charge is 0.128 e. The summed E-state index contributed by atoms with van der Waals surface area (Å²) in [7, 11) is 2.06. The summed E-state index contributed by atoms with van der Waals surface area (Å²) in [5.41, 5.74) is 1.31. The van der Waals surface area contributed by atoms with Crippen LogP contribution in [0, 0.1) is 11.8 Å². The van der Waals surface area contributed by atoms with Crippen molar-refractivity contribution in [2.24, 2.45) is 11.8 Å². The zero-order chi connectivity index (χ0) is 14.2. The van der Waals surface area contributed by atoms with Crippen molar-refractivity contribution >= 4 is 11.5 Å². The largest absolute Gasteiger partial charge is 0.370 e. The van der Waals surface area contributed by atoms with Crippen LogP contribution in [-0.2, 0) is 0 Å². The zero-order valence-corrected chi connectivity index (χ0v) is 12.9. The number of nitrogens with zero attached hydrogens (tertiary/aromatic N) is 2. The molecule has 0 radical (unpaired) electrons. The monoisotopic (exact) mass is 286 g/mol. The van der Waals surface area contributed by atoms with Crippen LogP contribution in [0.4, 0.5) is 11.5 Å². The average Bonchev–Trinajstić information content (AvgIpc) is 3.23. The Hall–Kier alpha value is -1.29. The molecule has 4 heteroatoms. The number of nitrogens with one attached hydrogen (secondary N) is 2. The van der Waals surface area contributed by atoms with Crippen molar-refractivity contribution in [3.8, 4) is 0 Å². The van der Waals surface area contributed by atoms with E-state index in [-0.39, 0.29) is 0 Å². The molecule has 3 fully saturated rings. The van der Waals surface area contributed by atoms with Gasteiger partial charge in [-0.15, -0.1) is 0 Å². The second-order valence-corrected chi connectivity index (χ2v) is 7.05. The molecule has 114 valence electrons. The fourth-order valence-corrected chi connectivity index (χ4v) is 4.54. The predicted molar refractivity (Wildman–Crippen MR) is 86.8 cm³/mol. The standard InChI is InChI=1S/C17H26N4/c1-18-14-5-7-21(11-14)15-4-6-19-17(10-15)20-16-9-12-2-3-13(16)8-12/h4,6,10,12-14,16,18H,2-3,5,7-9,11H2,1H3,(H,19,20)/t12?,13?,14-,16?/m1/s1. The minimum absolute atomic E-state index is 0.625. The van der Waals surface area contributed by atoms with E-state index in [1.807, 2.05) is 6.20 Å². The molecule has 2 saturated carbocycles. The van der Waals surface area contributed by atoms with Gasteiger partial charge in [0.25, 0.3) is 0 Å². The Morgan fingerprint density at radius 1 is 1.24 bits per heavy atom. The molecular weight excluding hydrogens is 260 g/mol. The molecule has 3 unspecified atom stereocenters. The van der Waals surface area contributed by atoms with Crippen LogP contribution in [0.3, 0.4) is 0 Å². The number of hydrogen-bond donors (Lipinski definition) is 2. The third-order valence-corrected chi connectivity index (χ3v) is 5.78. The van der Waals surface area contributed by atoms with Crippen LogP contribution in [0.25, 0.3) is 0 Å². The van der Waals surface area contributed by atoms with Gasteiger partial charge in [0.05, 0.1) is 0 Å². The summed E-state index contributed by atoms with van der Waals surface area (Å²) < 4.78 is 0. The van der Waals surface area contributed by atoms with Crippen molar-refractivity contribution in [2.75, 3.05) is 30.4 Å². The van der Waals surface area contributed by atoms with E-state index >= 15 is 0 Å². The molecule has 1 aliphatic heterocycles. The topological polar surface area (TPSA) is 40.2 Å². The second-order valence-electron chi connectivity index (χ2n) is 7.05. The number of anilines is 2. The summed E-state index contributed by atoms with van der Waals surface area (Å²) in [6.07, 6.45) is 8.84. The maximum Gasteiger partial charge on any atom is 0.128 e. The van der Waals surface area contributed by atoms with Gasteiger partial charge in [0.2, 0.25) is 0 Å². The summed E-state index contributed by atoms with van der Waals surface area (Å²) in [4.78, 5) is 7.01. The van der Waals surface area contributed by atoms with Crippen molar-refractivity contribution < 1.29 is 0 Å². The van der Waals surface area contributed by atoms with Crippen LogP contribution in [-0.4, -0.2) is 37.2 Å². The quantitative estimate of drug-likeness (QED) is 0.892. The number of hydrogen-bond acceptors (Lipinski definition) is 4. The molecule has 4 nitrogen and oxygen atoms in total. The van der Waals surface area contributed by atoms with Crippen LogP contribution in [0.1, 0.15) is 32.1 Å². The summed E-state index contributed by atoms with van der Waals surface area (Å²) in [5.74, 6) is 2.93. The molecule has 2 heterocycles. The van der Waals surface area contributed by atoms with Gasteiger partial charge < -0.3 is 15.5 Å². The fraction of sp³-hybridized carbons (Fsp3) is 0.706. The third kappa shape index (κ3) is 2.61. The van der Waals surface area contributed by atoms with Crippen LogP contribution in [0.15, 0.2) is 18.3 Å². The molecule has 1 aromatic heterocycles. The lowest BCUT2D eigenvalue weighted by Crippen LogP contribution is -2.29. The first-order valence-corrected chi connectivity index (χ1v) is 8.46. The summed E-state index contributed by atoms with van der Waals surface area (Å²) in [5, 5.41) is 7.09. The molecule has 1 saturated heterocycles. The predicted octanol–water partition coefficient (Wildman–Crippen LogP) is 2.48. The average molecular weight is 286 g/mol. The molecule has 0 spiro atoms. The molecule has 21 heavy (non-hydrogen) atoms. The molecule has 0 aromatic carbocycles. The number of fused-ring (bicyclic) bond motifs is 2. The highest BCUT2D eigenvalue weighted by Crippen LogP contribution is 2.45. The number of likely N-dealkylation sites (N-methyl/N-ethyl adjacent to an activating group) is 1. The van der Waals surface area contributed by atoms with E-state index in [9.17, 15) is 0 Å². The van der Waals surface area contributed by atoms with Crippen molar-refractivity contribution in [2.45, 2.75) is 44.2 Å². The van der Waals surface area contributed by atoms with E-state index in [1.165, 1.54) is 37.8 Å². The maximum absolute atomic E-state index is 4.54. The van der Waals surface area contributed by atoms with E-state index in [4.69, 9.17) is 0 Å². The fourth-order valence-electron chi connectivity index (χ4n) is 4.54. The second kappa shape index (κ2) is 5.48. The number of aromatic nitrogens is 1. The first-order valence-electron chi connectivity index (χ1n) is 8.46. The van der Waals surface area contributed by atoms with Gasteiger partial charge in [-0.25, -0.2) is 4.98 Å². The summed E-state index contributed by atoms with van der Waals surface area (Å²) in [6, 6.07) is 5.67. The van der Waals surface area contributed by atoms with Crippen LogP contribution in [0.5, 0.6) is 0 Å². The first-order chi connectivity index (χ1) is 10.3. The molecule has 2 aliphatic carbocycles. The number of rotatable bonds is 4. The maximum atomic E-state index is 4.54. The molecule has 1 aromatic rings. The highest BCUT2D eigenvalue weighted by Gasteiger charge is 2.39. The molecule has 3 aliphatic rings. The summed E-state index contributed by atoms with van der Waals surface area (Å²) >= 11 is 0. The molecule has 2 N–H and O–H groups in total. The van der Waals surface area contributed by atoms with E-state index < -0.39 is 0 Å². The van der Waals surface area contributed by atoms with Crippen molar-refractivity contribution in [3.05, 3.63) is 18.3 Å². The highest BCUT2D eigenvalue weighted by atomic mass is 15.2. The third-order valence-electron chi connectivity index (χ3n) is 5.78. The lowest BCUT2D eigenvalue weighted by Gasteiger charge is -2.24. The highest BCUT2D eigenvalue weighted by molar-refractivity contribution is 5.55. The Kier molecular flexibility index (Phi) is 3.49. The lowest BCUT2D eigenvalue weighted by atomic mass is 9.95. The van der Waals surface area contributed by atoms with Crippen molar-refractivity contribution in [3.63, 3.8) is 0 Å². The van der Waals surface area contributed by atoms with Gasteiger partial charge in [-0.2, -0.15) is 0 Å². The van der Waals surface area contributed by atoms with Crippen molar-refractivity contribution in [1.82, 2.24) is 10.3 Å². The van der Waals surface area contributed by atoms with Crippen molar-refractivity contribution in [1.29, 1.82) is 0 Å². The normalized spacial score (nSPS) is 34.6. The minimum Gasteiger partial charge on any atom is -0.370 e. The van der Waals surface area contributed by atoms with Gasteiger partial charge >= 0.3 is 0 Å². The molecule has 4 atom stereocenters. The SMILES string of the molecule is CN[C@@H]1CCN(c2ccnc(NC3CC4CCC3C4)c2)C1. The first kappa shape index (κ1) is 13.4. The Balaban J connectivity index is 1.43. The van der Waals surface area contributed by atoms with E-state index in [2.05, 4.69) is 39.7 Å². The van der Waals surface area contributed by atoms with Gasteiger partial charge in [0.1, 0.15) is 5.82 Å². The molecule has 0 amide bonds. The molecule has 2 bridgehead atoms. The Labute approximate surface area is 127 Å².